The summed E-state index contributed by atoms with van der Waals surface area (Å²) in [4.78, 5) is 9.54. The van der Waals surface area contributed by atoms with Gasteiger partial charge in [0, 0.05) is 11.3 Å². The maximum Gasteiger partial charge on any atom is 0.158 e. The maximum absolute atomic E-state index is 5.52. The Labute approximate surface area is 104 Å². The molecule has 0 aliphatic heterocycles. The fourth-order valence-corrected chi connectivity index (χ4v) is 2.00. The van der Waals surface area contributed by atoms with Gasteiger partial charge in [-0.1, -0.05) is 6.07 Å². The lowest BCUT2D eigenvalue weighted by Crippen LogP contribution is -2.09. The Hall–Kier alpha value is -1.50. The van der Waals surface area contributed by atoms with E-state index in [1.165, 1.54) is 4.88 Å². The number of rotatable bonds is 6. The van der Waals surface area contributed by atoms with Gasteiger partial charge in [0.25, 0.3) is 0 Å². The highest BCUT2D eigenvalue weighted by atomic mass is 32.1. The van der Waals surface area contributed by atoms with Crippen LogP contribution in [-0.4, -0.2) is 16.6 Å². The van der Waals surface area contributed by atoms with Crippen molar-refractivity contribution in [2.24, 2.45) is 5.84 Å². The highest BCUT2D eigenvalue weighted by Gasteiger charge is 1.98. The first-order valence-corrected chi connectivity index (χ1v) is 6.14. The van der Waals surface area contributed by atoms with Crippen molar-refractivity contribution in [2.75, 3.05) is 12.0 Å². The quantitative estimate of drug-likeness (QED) is 0.462. The van der Waals surface area contributed by atoms with Gasteiger partial charge < -0.3 is 10.2 Å². The monoisotopic (exact) mass is 250 g/mol. The van der Waals surface area contributed by atoms with Crippen molar-refractivity contribution in [3.05, 3.63) is 40.5 Å². The van der Waals surface area contributed by atoms with E-state index in [0.29, 0.717) is 19.0 Å². The summed E-state index contributed by atoms with van der Waals surface area (Å²) in [7, 11) is 0. The Bertz CT molecular complexity index is 429. The Morgan fingerprint density at radius 3 is 2.94 bits per heavy atom. The van der Waals surface area contributed by atoms with Crippen LogP contribution in [0.4, 0.5) is 5.82 Å². The average molecular weight is 250 g/mol. The normalized spacial score (nSPS) is 10.4. The molecule has 0 aliphatic rings. The fraction of sp³-hybridized carbons (Fsp3) is 0.273. The van der Waals surface area contributed by atoms with E-state index in [1.807, 2.05) is 6.07 Å². The first kappa shape index (κ1) is 12.0. The van der Waals surface area contributed by atoms with Gasteiger partial charge in [-0.2, -0.15) is 0 Å². The van der Waals surface area contributed by atoms with Crippen LogP contribution in [0.2, 0.25) is 0 Å². The van der Waals surface area contributed by atoms with Gasteiger partial charge in [0.2, 0.25) is 0 Å². The number of nitrogens with two attached hydrogens (primary N) is 1. The van der Waals surface area contributed by atoms with Crippen molar-refractivity contribution < 1.29 is 4.74 Å². The molecule has 0 bridgehead atoms. The van der Waals surface area contributed by atoms with Crippen molar-refractivity contribution >= 4 is 17.2 Å². The molecule has 0 unspecified atom stereocenters. The summed E-state index contributed by atoms with van der Waals surface area (Å²) < 4.78 is 5.52. The van der Waals surface area contributed by atoms with Gasteiger partial charge in [-0.15, -0.1) is 11.3 Å². The second-order valence-corrected chi connectivity index (χ2v) is 4.45. The van der Waals surface area contributed by atoms with Crippen molar-refractivity contribution in [2.45, 2.75) is 13.0 Å². The Balaban J connectivity index is 1.70. The predicted octanol–water partition coefficient (Wildman–Crippen LogP) is 1.58. The number of anilines is 1. The number of thiophene rings is 1. The summed E-state index contributed by atoms with van der Waals surface area (Å²) in [5.74, 6) is 5.74. The zero-order valence-corrected chi connectivity index (χ0v) is 10.1. The lowest BCUT2D eigenvalue weighted by Gasteiger charge is -2.03. The lowest BCUT2D eigenvalue weighted by molar-refractivity contribution is 0.121. The van der Waals surface area contributed by atoms with E-state index in [0.717, 1.165) is 12.1 Å². The summed E-state index contributed by atoms with van der Waals surface area (Å²) in [6, 6.07) is 4.15. The molecular formula is C11H14N4OS. The Morgan fingerprint density at radius 1 is 1.35 bits per heavy atom. The van der Waals surface area contributed by atoms with Crippen molar-refractivity contribution in [1.82, 2.24) is 9.97 Å². The number of nitrogens with one attached hydrogen (secondary N) is 1. The first-order valence-electron chi connectivity index (χ1n) is 5.26. The van der Waals surface area contributed by atoms with Crippen LogP contribution in [0.15, 0.2) is 29.9 Å². The van der Waals surface area contributed by atoms with Gasteiger partial charge in [-0.3, -0.25) is 4.98 Å². The van der Waals surface area contributed by atoms with Crippen LogP contribution in [0.1, 0.15) is 10.6 Å². The van der Waals surface area contributed by atoms with Gasteiger partial charge in [0.15, 0.2) is 5.82 Å². The third kappa shape index (κ3) is 3.77. The summed E-state index contributed by atoms with van der Waals surface area (Å²) in [6.45, 7) is 1.17. The van der Waals surface area contributed by atoms with E-state index in [2.05, 4.69) is 26.8 Å². The van der Waals surface area contributed by atoms with Crippen LogP contribution >= 0.6 is 11.3 Å². The highest BCUT2D eigenvalue weighted by molar-refractivity contribution is 7.09. The number of ether oxygens (including phenoxy) is 1. The molecule has 0 saturated carbocycles. The number of hydrogen-bond acceptors (Lipinski definition) is 6. The summed E-state index contributed by atoms with van der Waals surface area (Å²) in [5.41, 5.74) is 3.23. The highest BCUT2D eigenvalue weighted by Crippen LogP contribution is 2.09. The second-order valence-electron chi connectivity index (χ2n) is 3.42. The van der Waals surface area contributed by atoms with Crippen molar-refractivity contribution in [1.29, 1.82) is 0 Å². The second kappa shape index (κ2) is 6.29. The van der Waals surface area contributed by atoms with Gasteiger partial charge in [0.05, 0.1) is 31.3 Å². The van der Waals surface area contributed by atoms with E-state index < -0.39 is 0 Å². The van der Waals surface area contributed by atoms with E-state index in [4.69, 9.17) is 10.6 Å². The molecule has 3 N–H and O–H groups in total. The lowest BCUT2D eigenvalue weighted by atomic mass is 10.4. The van der Waals surface area contributed by atoms with Crippen LogP contribution in [0, 0.1) is 0 Å². The van der Waals surface area contributed by atoms with Crippen LogP contribution in [0.5, 0.6) is 0 Å². The molecule has 90 valence electrons. The van der Waals surface area contributed by atoms with Crippen molar-refractivity contribution in [3.8, 4) is 0 Å². The van der Waals surface area contributed by atoms with E-state index in [9.17, 15) is 0 Å². The molecular weight excluding hydrogens is 236 g/mol. The Kier molecular flexibility index (Phi) is 4.43. The third-order valence-corrected chi connectivity index (χ3v) is 3.11. The van der Waals surface area contributed by atoms with Gasteiger partial charge >= 0.3 is 0 Å². The predicted molar refractivity (Wildman–Crippen MR) is 67.5 cm³/mol. The molecule has 0 aliphatic carbocycles. The first-order chi connectivity index (χ1) is 8.38. The molecule has 6 heteroatoms. The molecule has 2 aromatic rings. The molecule has 0 spiro atoms. The number of nitrogens with zero attached hydrogens (tertiary/aromatic N) is 2. The standard InChI is InChI=1S/C11H14N4OS/c12-15-11-7-13-9(6-14-11)8-16-4-3-10-2-1-5-17-10/h1-2,5-7H,3-4,8,12H2,(H,14,15). The van der Waals surface area contributed by atoms with Crippen LogP contribution in [0.3, 0.4) is 0 Å². The summed E-state index contributed by atoms with van der Waals surface area (Å²) in [5, 5.41) is 2.07. The SMILES string of the molecule is NNc1cnc(COCCc2cccs2)cn1. The van der Waals surface area contributed by atoms with E-state index in [1.54, 1.807) is 23.7 Å². The molecule has 2 aromatic heterocycles. The van der Waals surface area contributed by atoms with Crippen LogP contribution in [-0.2, 0) is 17.8 Å². The maximum atomic E-state index is 5.52. The number of nitrogen functional groups attached to an aromatic ring is 1. The molecule has 0 amide bonds. The van der Waals surface area contributed by atoms with Gasteiger partial charge in [-0.05, 0) is 11.4 Å². The summed E-state index contributed by atoms with van der Waals surface area (Å²) in [6.07, 6.45) is 4.17. The topological polar surface area (TPSA) is 73.1 Å². The number of aromatic nitrogens is 2. The van der Waals surface area contributed by atoms with Crippen LogP contribution in [0.25, 0.3) is 0 Å². The van der Waals surface area contributed by atoms with E-state index >= 15 is 0 Å². The zero-order valence-electron chi connectivity index (χ0n) is 9.30. The largest absolute Gasteiger partial charge is 0.375 e. The fourth-order valence-electron chi connectivity index (χ4n) is 1.31. The molecule has 0 radical (unpaired) electrons. The minimum absolute atomic E-state index is 0.475. The molecule has 17 heavy (non-hydrogen) atoms. The zero-order chi connectivity index (χ0) is 11.9. The minimum atomic E-state index is 0.475. The minimum Gasteiger partial charge on any atom is -0.375 e. The molecule has 0 saturated heterocycles. The number of hydrazine groups is 1. The van der Waals surface area contributed by atoms with Crippen LogP contribution < -0.4 is 11.3 Å². The molecule has 0 fully saturated rings. The number of hydrogen-bond donors (Lipinski definition) is 2. The third-order valence-electron chi connectivity index (χ3n) is 2.18. The molecule has 0 aromatic carbocycles. The smallest absolute Gasteiger partial charge is 0.158 e. The van der Waals surface area contributed by atoms with Gasteiger partial charge in [0.1, 0.15) is 0 Å². The molecule has 0 atom stereocenters. The van der Waals surface area contributed by atoms with Gasteiger partial charge in [-0.25, -0.2) is 10.8 Å². The average Bonchev–Trinajstić information content (AvgIpc) is 2.88. The Morgan fingerprint density at radius 2 is 2.29 bits per heavy atom. The molecule has 5 nitrogen and oxygen atoms in total. The molecule has 2 heterocycles. The summed E-state index contributed by atoms with van der Waals surface area (Å²) >= 11 is 1.74. The van der Waals surface area contributed by atoms with Crippen molar-refractivity contribution in [3.63, 3.8) is 0 Å². The molecule has 2 rings (SSSR count). The van der Waals surface area contributed by atoms with E-state index in [-0.39, 0.29) is 0 Å².